The van der Waals surface area contributed by atoms with Gasteiger partial charge in [0, 0.05) is 34.7 Å². The molecule has 0 aliphatic heterocycles. The lowest BCUT2D eigenvalue weighted by Gasteiger charge is -2.18. The maximum Gasteiger partial charge on any atom is 0.243 e. The Hall–Kier alpha value is -2.26. The molecule has 0 radical (unpaired) electrons. The van der Waals surface area contributed by atoms with Crippen LogP contribution in [-0.2, 0) is 21.2 Å². The first-order valence-corrected chi connectivity index (χ1v) is 12.1. The van der Waals surface area contributed by atoms with Crippen molar-refractivity contribution in [2.45, 2.75) is 25.2 Å². The van der Waals surface area contributed by atoms with Crippen LogP contribution in [-0.4, -0.2) is 36.7 Å². The molecule has 0 bridgehead atoms. The number of aromatic nitrogens is 1. The van der Waals surface area contributed by atoms with Crippen LogP contribution >= 0.6 is 22.9 Å². The molecule has 1 N–H and O–H groups in total. The maximum atomic E-state index is 12.5. The van der Waals surface area contributed by atoms with Crippen molar-refractivity contribution in [3.05, 3.63) is 64.6 Å². The molecule has 0 unspecified atom stereocenters. The van der Waals surface area contributed by atoms with E-state index in [2.05, 4.69) is 10.3 Å². The van der Waals surface area contributed by atoms with Crippen LogP contribution in [0.4, 0.5) is 5.69 Å². The minimum atomic E-state index is -3.52. The van der Waals surface area contributed by atoms with E-state index in [1.807, 2.05) is 23.6 Å². The number of halogens is 1. The number of hydrogen-bond acceptors (Lipinski definition) is 5. The largest absolute Gasteiger partial charge is 0.326 e. The van der Waals surface area contributed by atoms with Crippen molar-refractivity contribution in [2.75, 3.05) is 18.4 Å². The third-order valence-corrected chi connectivity index (χ3v) is 7.69. The normalized spacial score (nSPS) is 11.6. The predicted molar refractivity (Wildman–Crippen MR) is 121 cm³/mol. The Bertz CT molecular complexity index is 1120. The summed E-state index contributed by atoms with van der Waals surface area (Å²) in [6.07, 6.45) is 0.122. The Balaban J connectivity index is 1.64. The molecule has 0 fully saturated rings. The van der Waals surface area contributed by atoms with Crippen LogP contribution < -0.4 is 5.32 Å². The van der Waals surface area contributed by atoms with Gasteiger partial charge in [-0.25, -0.2) is 13.4 Å². The Morgan fingerprint density at radius 2 is 1.83 bits per heavy atom. The van der Waals surface area contributed by atoms with Gasteiger partial charge in [-0.2, -0.15) is 4.31 Å². The van der Waals surface area contributed by atoms with Gasteiger partial charge in [-0.15, -0.1) is 11.3 Å². The second-order valence-corrected chi connectivity index (χ2v) is 9.73. The number of hydrogen-bond donors (Lipinski definition) is 1. The Kier molecular flexibility index (Phi) is 7.25. The summed E-state index contributed by atoms with van der Waals surface area (Å²) in [6, 6.07) is 13.6. The number of thiazole rings is 1. The second-order valence-electron chi connectivity index (χ2n) is 6.49. The van der Waals surface area contributed by atoms with E-state index in [1.54, 1.807) is 32.0 Å². The molecule has 0 saturated carbocycles. The van der Waals surface area contributed by atoms with Crippen LogP contribution in [0.5, 0.6) is 0 Å². The van der Waals surface area contributed by atoms with Crippen molar-refractivity contribution in [3.63, 3.8) is 0 Å². The molecule has 30 heavy (non-hydrogen) atoms. The van der Waals surface area contributed by atoms with Crippen molar-refractivity contribution in [2.24, 2.45) is 0 Å². The number of nitrogens with one attached hydrogen (secondary N) is 1. The molecule has 158 valence electrons. The zero-order chi connectivity index (χ0) is 21.7. The molecule has 1 amide bonds. The minimum Gasteiger partial charge on any atom is -0.326 e. The smallest absolute Gasteiger partial charge is 0.243 e. The third-order valence-electron chi connectivity index (χ3n) is 4.45. The summed E-state index contributed by atoms with van der Waals surface area (Å²) in [6.45, 7) is 4.40. The molecule has 6 nitrogen and oxygen atoms in total. The third kappa shape index (κ3) is 5.26. The molecule has 9 heteroatoms. The number of nitrogens with zero attached hydrogens (tertiary/aromatic N) is 2. The van der Waals surface area contributed by atoms with E-state index in [-0.39, 0.29) is 17.2 Å². The topological polar surface area (TPSA) is 79.4 Å². The van der Waals surface area contributed by atoms with Crippen LogP contribution in [0.2, 0.25) is 5.02 Å². The van der Waals surface area contributed by atoms with Crippen LogP contribution in [0.3, 0.4) is 0 Å². The average molecular weight is 464 g/mol. The summed E-state index contributed by atoms with van der Waals surface area (Å²) in [5.41, 5.74) is 2.10. The van der Waals surface area contributed by atoms with Gasteiger partial charge in [0.05, 0.1) is 17.0 Å². The van der Waals surface area contributed by atoms with Gasteiger partial charge in [0.25, 0.3) is 0 Å². The Labute approximate surface area is 185 Å². The minimum absolute atomic E-state index is 0.122. The highest BCUT2D eigenvalue weighted by atomic mass is 35.5. The monoisotopic (exact) mass is 463 g/mol. The number of anilines is 1. The van der Waals surface area contributed by atoms with Crippen LogP contribution in [0.25, 0.3) is 10.6 Å². The Morgan fingerprint density at radius 3 is 2.47 bits per heavy atom. The molecule has 0 atom stereocenters. The lowest BCUT2D eigenvalue weighted by atomic mass is 10.2. The number of carbonyl (C=O) groups is 1. The van der Waals surface area contributed by atoms with E-state index in [0.29, 0.717) is 29.5 Å². The summed E-state index contributed by atoms with van der Waals surface area (Å²) in [5, 5.41) is 6.05. The number of amides is 1. The fourth-order valence-corrected chi connectivity index (χ4v) is 5.40. The molecule has 3 rings (SSSR count). The van der Waals surface area contributed by atoms with E-state index in [1.165, 1.54) is 27.8 Å². The fourth-order valence-electron chi connectivity index (χ4n) is 2.93. The van der Waals surface area contributed by atoms with E-state index < -0.39 is 10.0 Å². The van der Waals surface area contributed by atoms with Gasteiger partial charge in [0.15, 0.2) is 0 Å². The first-order chi connectivity index (χ1) is 14.3. The van der Waals surface area contributed by atoms with Gasteiger partial charge in [-0.05, 0) is 36.4 Å². The van der Waals surface area contributed by atoms with Crippen molar-refractivity contribution in [1.82, 2.24) is 9.29 Å². The highest BCUT2D eigenvalue weighted by Crippen LogP contribution is 2.26. The van der Waals surface area contributed by atoms with E-state index in [4.69, 9.17) is 11.6 Å². The van der Waals surface area contributed by atoms with Crippen LogP contribution in [0.1, 0.15) is 19.5 Å². The zero-order valence-electron chi connectivity index (χ0n) is 16.6. The fraction of sp³-hybridized carbons (Fsp3) is 0.238. The van der Waals surface area contributed by atoms with E-state index in [9.17, 15) is 13.2 Å². The number of carbonyl (C=O) groups excluding carboxylic acids is 1. The van der Waals surface area contributed by atoms with Gasteiger partial charge in [-0.3, -0.25) is 4.79 Å². The highest BCUT2D eigenvalue weighted by molar-refractivity contribution is 7.89. The standard InChI is InChI=1S/C21H22ClN3O3S2/c1-3-25(4-2)30(27,28)19-10-8-17(9-11-19)23-20(26)13-18-14-29-21(24-18)15-6-5-7-16(22)12-15/h5-12,14H,3-4,13H2,1-2H3,(H,23,26). The molecule has 0 aliphatic carbocycles. The van der Waals surface area contributed by atoms with Crippen LogP contribution in [0.15, 0.2) is 58.8 Å². The van der Waals surface area contributed by atoms with Crippen molar-refractivity contribution >= 4 is 44.6 Å². The summed E-state index contributed by atoms with van der Waals surface area (Å²) in [7, 11) is -3.52. The summed E-state index contributed by atoms with van der Waals surface area (Å²) in [5.74, 6) is -0.225. The summed E-state index contributed by atoms with van der Waals surface area (Å²) >= 11 is 7.47. The van der Waals surface area contributed by atoms with Gasteiger partial charge >= 0.3 is 0 Å². The molecule has 0 aliphatic rings. The summed E-state index contributed by atoms with van der Waals surface area (Å²) in [4.78, 5) is 17.1. The van der Waals surface area contributed by atoms with Crippen molar-refractivity contribution < 1.29 is 13.2 Å². The quantitative estimate of drug-likeness (QED) is 0.526. The predicted octanol–water partition coefficient (Wildman–Crippen LogP) is 4.68. The second kappa shape index (κ2) is 9.70. The number of sulfonamides is 1. The first-order valence-electron chi connectivity index (χ1n) is 9.44. The number of benzene rings is 2. The van der Waals surface area contributed by atoms with Gasteiger partial charge in [-0.1, -0.05) is 37.6 Å². The van der Waals surface area contributed by atoms with E-state index >= 15 is 0 Å². The molecule has 1 heterocycles. The molecule has 0 saturated heterocycles. The summed E-state index contributed by atoms with van der Waals surface area (Å²) < 4.78 is 26.5. The molecular weight excluding hydrogens is 442 g/mol. The molecule has 1 aromatic heterocycles. The maximum absolute atomic E-state index is 12.5. The number of rotatable bonds is 8. The average Bonchev–Trinajstić information content (AvgIpc) is 3.17. The molecular formula is C21H22ClN3O3S2. The molecule has 2 aromatic carbocycles. The van der Waals surface area contributed by atoms with E-state index in [0.717, 1.165) is 10.6 Å². The first kappa shape index (κ1) is 22.4. The van der Waals surface area contributed by atoms with Crippen molar-refractivity contribution in [3.8, 4) is 10.6 Å². The van der Waals surface area contributed by atoms with Crippen LogP contribution in [0, 0.1) is 0 Å². The highest BCUT2D eigenvalue weighted by Gasteiger charge is 2.21. The zero-order valence-corrected chi connectivity index (χ0v) is 19.0. The van der Waals surface area contributed by atoms with Gasteiger partial charge in [0.1, 0.15) is 5.01 Å². The molecule has 0 spiro atoms. The lowest BCUT2D eigenvalue weighted by Crippen LogP contribution is -2.30. The Morgan fingerprint density at radius 1 is 1.13 bits per heavy atom. The SMILES string of the molecule is CCN(CC)S(=O)(=O)c1ccc(NC(=O)Cc2csc(-c3cccc(Cl)c3)n2)cc1. The van der Waals surface area contributed by atoms with Crippen molar-refractivity contribution in [1.29, 1.82) is 0 Å². The lowest BCUT2D eigenvalue weighted by molar-refractivity contribution is -0.115. The van der Waals surface area contributed by atoms with Gasteiger partial charge in [0.2, 0.25) is 15.9 Å². The molecule has 3 aromatic rings. The van der Waals surface area contributed by atoms with Gasteiger partial charge < -0.3 is 5.32 Å².